The van der Waals surface area contributed by atoms with Gasteiger partial charge < -0.3 is 15.3 Å². The minimum Gasteiger partial charge on any atom is -0.507 e. The average molecular weight is 373 g/mol. The molecule has 1 aromatic carbocycles. The summed E-state index contributed by atoms with van der Waals surface area (Å²) < 4.78 is 15.1. The molecule has 3 heterocycles. The highest BCUT2D eigenvalue weighted by atomic mass is 32.1. The molecule has 2 atom stereocenters. The number of nitrogens with zero attached hydrogens (tertiary/aromatic N) is 4. The van der Waals surface area contributed by atoms with E-state index in [9.17, 15) is 9.50 Å². The molecule has 3 aromatic rings. The maximum Gasteiger partial charge on any atom is 0.243 e. The highest BCUT2D eigenvalue weighted by Crippen LogP contribution is 2.37. The van der Waals surface area contributed by atoms with Gasteiger partial charge in [-0.1, -0.05) is 0 Å². The molecule has 0 saturated carbocycles. The molecule has 0 bridgehead atoms. The lowest BCUT2D eigenvalue weighted by Gasteiger charge is -2.32. The number of benzene rings is 1. The molecule has 1 aliphatic heterocycles. The number of thiophene rings is 1. The second-order valence-corrected chi connectivity index (χ2v) is 7.63. The van der Waals surface area contributed by atoms with Gasteiger partial charge in [0, 0.05) is 28.7 Å². The van der Waals surface area contributed by atoms with E-state index in [4.69, 9.17) is 0 Å². The van der Waals surface area contributed by atoms with E-state index in [0.29, 0.717) is 35.9 Å². The number of halogens is 1. The number of aromatic nitrogens is 3. The van der Waals surface area contributed by atoms with Crippen molar-refractivity contribution in [1.29, 1.82) is 0 Å². The molecule has 1 aliphatic rings. The van der Waals surface area contributed by atoms with Crippen LogP contribution in [0.5, 0.6) is 5.75 Å². The minimum absolute atomic E-state index is 0.182. The van der Waals surface area contributed by atoms with Crippen LogP contribution in [0.2, 0.25) is 0 Å². The summed E-state index contributed by atoms with van der Waals surface area (Å²) in [5, 5.41) is 24.7. The van der Waals surface area contributed by atoms with E-state index in [1.54, 1.807) is 11.3 Å². The number of aromatic hydroxyl groups is 1. The zero-order chi connectivity index (χ0) is 18.3. The third-order valence-electron chi connectivity index (χ3n) is 4.77. The van der Waals surface area contributed by atoms with Gasteiger partial charge in [-0.25, -0.2) is 9.37 Å². The minimum atomic E-state index is -0.931. The largest absolute Gasteiger partial charge is 0.507 e. The van der Waals surface area contributed by atoms with Crippen LogP contribution in [0.3, 0.4) is 0 Å². The number of hydrogen-bond acceptors (Lipinski definition) is 7. The van der Waals surface area contributed by atoms with Crippen LogP contribution in [0.1, 0.15) is 12.1 Å². The monoisotopic (exact) mass is 373 g/mol. The SMILES string of the molecule is Cc1nc(N[C@H]2CN(C)CC[C@@H]2F)nnc1-c1ccc2sccc2c1O. The van der Waals surface area contributed by atoms with Crippen LogP contribution in [0.25, 0.3) is 21.3 Å². The van der Waals surface area contributed by atoms with Gasteiger partial charge >= 0.3 is 0 Å². The lowest BCUT2D eigenvalue weighted by Crippen LogP contribution is -2.47. The zero-order valence-electron chi connectivity index (χ0n) is 14.6. The first-order valence-corrected chi connectivity index (χ1v) is 9.41. The number of likely N-dealkylation sites (N-methyl/N-ethyl adjacent to an activating group) is 1. The number of likely N-dealkylation sites (tertiary alicyclic amines) is 1. The van der Waals surface area contributed by atoms with E-state index < -0.39 is 6.17 Å². The molecule has 0 spiro atoms. The topological polar surface area (TPSA) is 74.2 Å². The van der Waals surface area contributed by atoms with Gasteiger partial charge in [-0.05, 0) is 44.0 Å². The second kappa shape index (κ2) is 6.77. The third-order valence-corrected chi connectivity index (χ3v) is 5.65. The Morgan fingerprint density at radius 3 is 2.96 bits per heavy atom. The van der Waals surface area contributed by atoms with Crippen molar-refractivity contribution in [3.63, 3.8) is 0 Å². The number of nitrogens with one attached hydrogen (secondary N) is 1. The van der Waals surface area contributed by atoms with Gasteiger partial charge in [-0.2, -0.15) is 0 Å². The molecule has 2 aromatic heterocycles. The van der Waals surface area contributed by atoms with E-state index in [2.05, 4.69) is 25.4 Å². The standard InChI is InChI=1S/C18H20FN5OS/c1-10-16(12-3-4-15-11(17(12)25)6-8-26-15)22-23-18(20-10)21-14-9-24(2)7-5-13(14)19/h3-4,6,8,13-14,25H,5,7,9H2,1-2H3,(H,20,21,23)/t13-,14-/m0/s1. The molecule has 4 rings (SSSR count). The van der Waals surface area contributed by atoms with E-state index in [1.807, 2.05) is 37.6 Å². The van der Waals surface area contributed by atoms with Gasteiger partial charge in [-0.15, -0.1) is 21.5 Å². The Hall–Kier alpha value is -2.32. The summed E-state index contributed by atoms with van der Waals surface area (Å²) in [5.41, 5.74) is 1.76. The average Bonchev–Trinajstić information content (AvgIpc) is 3.09. The van der Waals surface area contributed by atoms with Crippen molar-refractivity contribution >= 4 is 27.4 Å². The molecule has 0 radical (unpaired) electrons. The van der Waals surface area contributed by atoms with Crippen molar-refractivity contribution in [3.8, 4) is 17.0 Å². The fourth-order valence-corrected chi connectivity index (χ4v) is 4.11. The number of phenolic OH excluding ortho intramolecular Hbond substituents is 1. The van der Waals surface area contributed by atoms with Gasteiger partial charge in [0.2, 0.25) is 5.95 Å². The van der Waals surface area contributed by atoms with Crippen LogP contribution < -0.4 is 5.32 Å². The quantitative estimate of drug-likeness (QED) is 0.734. The van der Waals surface area contributed by atoms with E-state index in [1.165, 1.54) is 0 Å². The maximum atomic E-state index is 14.1. The van der Waals surface area contributed by atoms with Crippen molar-refractivity contribution in [3.05, 3.63) is 29.3 Å². The molecule has 8 heteroatoms. The highest BCUT2D eigenvalue weighted by molar-refractivity contribution is 7.17. The Morgan fingerprint density at radius 2 is 2.15 bits per heavy atom. The molecule has 136 valence electrons. The molecule has 1 fully saturated rings. The Kier molecular flexibility index (Phi) is 4.46. The van der Waals surface area contributed by atoms with Gasteiger partial charge in [0.05, 0.1) is 11.7 Å². The predicted octanol–water partition coefficient (Wildman–Crippen LogP) is 3.22. The van der Waals surface area contributed by atoms with Gasteiger partial charge in [0.15, 0.2) is 0 Å². The molecule has 2 N–H and O–H groups in total. The van der Waals surface area contributed by atoms with E-state index in [-0.39, 0.29) is 11.8 Å². The number of piperidine rings is 1. The number of hydrogen-bond donors (Lipinski definition) is 2. The summed E-state index contributed by atoms with van der Waals surface area (Å²) in [6, 6.07) is 5.31. The molecule has 0 unspecified atom stereocenters. The summed E-state index contributed by atoms with van der Waals surface area (Å²) in [4.78, 5) is 6.51. The smallest absolute Gasteiger partial charge is 0.243 e. The van der Waals surface area contributed by atoms with Crippen molar-refractivity contribution in [2.75, 3.05) is 25.5 Å². The lowest BCUT2D eigenvalue weighted by atomic mass is 10.0. The zero-order valence-corrected chi connectivity index (χ0v) is 15.4. The molecular formula is C18H20FN5OS. The van der Waals surface area contributed by atoms with Crippen LogP contribution in [0.15, 0.2) is 23.6 Å². The summed E-state index contributed by atoms with van der Waals surface area (Å²) in [6.45, 7) is 3.16. The van der Waals surface area contributed by atoms with Crippen LogP contribution in [0.4, 0.5) is 10.3 Å². The van der Waals surface area contributed by atoms with Crippen LogP contribution >= 0.6 is 11.3 Å². The Morgan fingerprint density at radius 1 is 1.31 bits per heavy atom. The molecule has 0 amide bonds. The second-order valence-electron chi connectivity index (χ2n) is 6.68. The number of fused-ring (bicyclic) bond motifs is 1. The lowest BCUT2D eigenvalue weighted by molar-refractivity contribution is 0.157. The highest BCUT2D eigenvalue weighted by Gasteiger charge is 2.28. The van der Waals surface area contributed by atoms with E-state index >= 15 is 0 Å². The van der Waals surface area contributed by atoms with E-state index in [0.717, 1.165) is 16.6 Å². The number of aryl methyl sites for hydroxylation is 1. The van der Waals surface area contributed by atoms with Crippen molar-refractivity contribution in [2.24, 2.45) is 0 Å². The van der Waals surface area contributed by atoms with Gasteiger partial charge in [0.1, 0.15) is 17.6 Å². The number of anilines is 1. The summed E-state index contributed by atoms with van der Waals surface area (Å²) >= 11 is 1.57. The van der Waals surface area contributed by atoms with Gasteiger partial charge in [0.25, 0.3) is 0 Å². The molecule has 0 aliphatic carbocycles. The summed E-state index contributed by atoms with van der Waals surface area (Å²) in [6.07, 6.45) is -0.437. The van der Waals surface area contributed by atoms with Gasteiger partial charge in [-0.3, -0.25) is 0 Å². The Bertz CT molecular complexity index is 946. The fraction of sp³-hybridized carbons (Fsp3) is 0.389. The predicted molar refractivity (Wildman–Crippen MR) is 101 cm³/mol. The Labute approximate surface area is 154 Å². The summed E-state index contributed by atoms with van der Waals surface area (Å²) in [7, 11) is 1.97. The molecule has 26 heavy (non-hydrogen) atoms. The fourth-order valence-electron chi connectivity index (χ4n) is 3.32. The van der Waals surface area contributed by atoms with Crippen molar-refractivity contribution in [1.82, 2.24) is 20.1 Å². The number of phenols is 1. The van der Waals surface area contributed by atoms with Crippen LogP contribution in [-0.2, 0) is 0 Å². The molecule has 1 saturated heterocycles. The van der Waals surface area contributed by atoms with Crippen molar-refractivity contribution < 1.29 is 9.50 Å². The third kappa shape index (κ3) is 3.10. The summed E-state index contributed by atoms with van der Waals surface area (Å²) in [5.74, 6) is 0.492. The van der Waals surface area contributed by atoms with Crippen LogP contribution in [-0.4, -0.2) is 57.5 Å². The van der Waals surface area contributed by atoms with Crippen molar-refractivity contribution in [2.45, 2.75) is 25.6 Å². The maximum absolute atomic E-state index is 14.1. The normalized spacial score (nSPS) is 21.2. The first kappa shape index (κ1) is 17.1. The number of rotatable bonds is 3. The first-order chi connectivity index (χ1) is 12.5. The number of alkyl halides is 1. The molecule has 6 nitrogen and oxygen atoms in total. The molecular weight excluding hydrogens is 353 g/mol. The Balaban J connectivity index is 1.62. The van der Waals surface area contributed by atoms with Crippen LogP contribution in [0, 0.1) is 6.92 Å². The first-order valence-electron chi connectivity index (χ1n) is 8.53.